The van der Waals surface area contributed by atoms with Gasteiger partial charge in [0.25, 0.3) is 5.91 Å². The summed E-state index contributed by atoms with van der Waals surface area (Å²) in [6, 6.07) is 11.5. The van der Waals surface area contributed by atoms with Crippen LogP contribution in [0, 0.1) is 0 Å². The predicted molar refractivity (Wildman–Crippen MR) is 101 cm³/mol. The molecule has 0 spiro atoms. The molecular formula is C19H21F2N3O4. The van der Waals surface area contributed by atoms with Crippen molar-refractivity contribution in [1.82, 2.24) is 5.43 Å². The van der Waals surface area contributed by atoms with Crippen molar-refractivity contribution in [2.75, 3.05) is 26.1 Å². The maximum atomic E-state index is 12.4. The van der Waals surface area contributed by atoms with E-state index < -0.39 is 6.61 Å². The van der Waals surface area contributed by atoms with Crippen LogP contribution >= 0.6 is 0 Å². The second kappa shape index (κ2) is 10.1. The number of carbonyl (C=O) groups is 1. The summed E-state index contributed by atoms with van der Waals surface area (Å²) in [4.78, 5) is 11.9. The maximum absolute atomic E-state index is 12.4. The first-order valence-corrected chi connectivity index (χ1v) is 8.27. The van der Waals surface area contributed by atoms with Crippen molar-refractivity contribution < 1.29 is 27.8 Å². The first-order chi connectivity index (χ1) is 13.4. The molecule has 1 amide bonds. The minimum absolute atomic E-state index is 0.0214. The number of amides is 1. The Hall–Kier alpha value is -3.36. The predicted octanol–water partition coefficient (Wildman–Crippen LogP) is 3.26. The molecule has 7 nitrogen and oxygen atoms in total. The SMILES string of the molecule is COc1ccc(NCC(=O)N/N=C(/C)c2ccc(OC(F)F)c(OC)c2)cc1. The Balaban J connectivity index is 1.94. The molecule has 0 fully saturated rings. The second-order valence-corrected chi connectivity index (χ2v) is 5.56. The number of hydrogen-bond acceptors (Lipinski definition) is 6. The van der Waals surface area contributed by atoms with Crippen LogP contribution in [0.3, 0.4) is 0 Å². The number of alkyl halides is 2. The molecular weight excluding hydrogens is 372 g/mol. The number of methoxy groups -OCH3 is 2. The molecule has 0 atom stereocenters. The molecule has 0 aliphatic heterocycles. The summed E-state index contributed by atoms with van der Waals surface area (Å²) in [6.45, 7) is -1.26. The number of halogens is 2. The van der Waals surface area contributed by atoms with Crippen molar-refractivity contribution in [2.24, 2.45) is 5.10 Å². The minimum Gasteiger partial charge on any atom is -0.497 e. The smallest absolute Gasteiger partial charge is 0.387 e. The van der Waals surface area contributed by atoms with Crippen molar-refractivity contribution >= 4 is 17.3 Å². The number of nitrogens with zero attached hydrogens (tertiary/aromatic N) is 1. The maximum Gasteiger partial charge on any atom is 0.387 e. The van der Waals surface area contributed by atoms with Crippen molar-refractivity contribution in [2.45, 2.75) is 13.5 Å². The Kier molecular flexibility index (Phi) is 7.55. The highest BCUT2D eigenvalue weighted by Crippen LogP contribution is 2.29. The van der Waals surface area contributed by atoms with Crippen LogP contribution in [0.2, 0.25) is 0 Å². The quantitative estimate of drug-likeness (QED) is 0.505. The van der Waals surface area contributed by atoms with Gasteiger partial charge in [0.1, 0.15) is 5.75 Å². The molecule has 2 N–H and O–H groups in total. The van der Waals surface area contributed by atoms with Gasteiger partial charge in [-0.05, 0) is 49.4 Å². The number of rotatable bonds is 9. The Labute approximate surface area is 161 Å². The monoisotopic (exact) mass is 393 g/mol. The first kappa shape index (κ1) is 20.9. The lowest BCUT2D eigenvalue weighted by molar-refractivity contribution is -0.119. The highest BCUT2D eigenvalue weighted by Gasteiger charge is 2.12. The molecule has 0 aliphatic rings. The Bertz CT molecular complexity index is 826. The first-order valence-electron chi connectivity index (χ1n) is 8.27. The second-order valence-electron chi connectivity index (χ2n) is 5.56. The summed E-state index contributed by atoms with van der Waals surface area (Å²) in [5.74, 6) is 0.428. The molecule has 9 heteroatoms. The Morgan fingerprint density at radius 2 is 1.79 bits per heavy atom. The van der Waals surface area contributed by atoms with E-state index in [1.54, 1.807) is 44.4 Å². The van der Waals surface area contributed by atoms with Crippen LogP contribution in [0.5, 0.6) is 17.2 Å². The zero-order chi connectivity index (χ0) is 20.5. The molecule has 0 aliphatic carbocycles. The minimum atomic E-state index is -2.95. The molecule has 0 bridgehead atoms. The molecule has 0 unspecified atom stereocenters. The van der Waals surface area contributed by atoms with Gasteiger partial charge >= 0.3 is 6.61 Å². The fraction of sp³-hybridized carbons (Fsp3) is 0.263. The largest absolute Gasteiger partial charge is 0.497 e. The Morgan fingerprint density at radius 1 is 1.07 bits per heavy atom. The topological polar surface area (TPSA) is 81.2 Å². The van der Waals surface area contributed by atoms with Crippen LogP contribution in [0.15, 0.2) is 47.6 Å². The molecule has 0 aromatic heterocycles. The summed E-state index contributed by atoms with van der Waals surface area (Å²) in [7, 11) is 2.92. The lowest BCUT2D eigenvalue weighted by Crippen LogP contribution is -2.26. The van der Waals surface area contributed by atoms with E-state index in [1.165, 1.54) is 19.2 Å². The normalized spacial score (nSPS) is 11.1. The number of anilines is 1. The van der Waals surface area contributed by atoms with Gasteiger partial charge in [-0.15, -0.1) is 0 Å². The number of hydrazone groups is 1. The fourth-order valence-corrected chi connectivity index (χ4v) is 2.23. The van der Waals surface area contributed by atoms with Crippen LogP contribution in [0.25, 0.3) is 0 Å². The molecule has 2 aromatic rings. The molecule has 0 radical (unpaired) electrons. The summed E-state index contributed by atoms with van der Waals surface area (Å²) in [6.07, 6.45) is 0. The van der Waals surface area contributed by atoms with E-state index in [-0.39, 0.29) is 24.0 Å². The highest BCUT2D eigenvalue weighted by molar-refractivity contribution is 5.99. The van der Waals surface area contributed by atoms with E-state index in [0.29, 0.717) is 11.3 Å². The van der Waals surface area contributed by atoms with E-state index in [0.717, 1.165) is 11.4 Å². The average molecular weight is 393 g/mol. The van der Waals surface area contributed by atoms with Gasteiger partial charge in [-0.3, -0.25) is 4.79 Å². The van der Waals surface area contributed by atoms with Crippen molar-refractivity contribution in [3.63, 3.8) is 0 Å². The number of nitrogens with one attached hydrogen (secondary N) is 2. The summed E-state index contributed by atoms with van der Waals surface area (Å²) in [5.41, 5.74) is 4.24. The van der Waals surface area contributed by atoms with Gasteiger partial charge in [0.15, 0.2) is 11.5 Å². The zero-order valence-corrected chi connectivity index (χ0v) is 15.7. The molecule has 0 heterocycles. The molecule has 2 rings (SSSR count). The average Bonchev–Trinajstić information content (AvgIpc) is 2.70. The van der Waals surface area contributed by atoms with Crippen molar-refractivity contribution in [3.05, 3.63) is 48.0 Å². The van der Waals surface area contributed by atoms with E-state index in [1.807, 2.05) is 0 Å². The van der Waals surface area contributed by atoms with Gasteiger partial charge in [-0.1, -0.05) is 0 Å². The summed E-state index contributed by atoms with van der Waals surface area (Å²) >= 11 is 0. The number of carbonyl (C=O) groups excluding carboxylic acids is 1. The number of benzene rings is 2. The molecule has 2 aromatic carbocycles. The fourth-order valence-electron chi connectivity index (χ4n) is 2.23. The third-order valence-electron chi connectivity index (χ3n) is 3.69. The lowest BCUT2D eigenvalue weighted by atomic mass is 10.1. The third kappa shape index (κ3) is 6.11. The van der Waals surface area contributed by atoms with Gasteiger partial charge in [-0.25, -0.2) is 5.43 Å². The molecule has 150 valence electrons. The zero-order valence-electron chi connectivity index (χ0n) is 15.7. The van der Waals surface area contributed by atoms with Gasteiger partial charge < -0.3 is 19.5 Å². The van der Waals surface area contributed by atoms with Gasteiger partial charge in [0, 0.05) is 11.3 Å². The van der Waals surface area contributed by atoms with Crippen LogP contribution in [-0.4, -0.2) is 39.0 Å². The van der Waals surface area contributed by atoms with Crippen LogP contribution < -0.4 is 25.0 Å². The van der Waals surface area contributed by atoms with E-state index in [9.17, 15) is 13.6 Å². The van der Waals surface area contributed by atoms with E-state index in [2.05, 4.69) is 20.6 Å². The number of hydrogen-bond donors (Lipinski definition) is 2. The summed E-state index contributed by atoms with van der Waals surface area (Å²) in [5, 5.41) is 6.97. The van der Waals surface area contributed by atoms with Gasteiger partial charge in [0.2, 0.25) is 0 Å². The van der Waals surface area contributed by atoms with Gasteiger partial charge in [0.05, 0.1) is 26.5 Å². The summed E-state index contributed by atoms with van der Waals surface area (Å²) < 4.78 is 39.2. The van der Waals surface area contributed by atoms with Crippen LogP contribution in [-0.2, 0) is 4.79 Å². The van der Waals surface area contributed by atoms with Crippen molar-refractivity contribution in [1.29, 1.82) is 0 Å². The van der Waals surface area contributed by atoms with Crippen LogP contribution in [0.1, 0.15) is 12.5 Å². The van der Waals surface area contributed by atoms with Crippen LogP contribution in [0.4, 0.5) is 14.5 Å². The standard InChI is InChI=1S/C19H21F2N3O4/c1-12(13-4-9-16(28-19(20)21)17(10-13)27-3)23-24-18(25)11-22-14-5-7-15(26-2)8-6-14/h4-10,19,22H,11H2,1-3H3,(H,24,25)/b23-12-. The number of ether oxygens (including phenoxy) is 3. The molecule has 0 saturated heterocycles. The third-order valence-corrected chi connectivity index (χ3v) is 3.69. The molecule has 28 heavy (non-hydrogen) atoms. The van der Waals surface area contributed by atoms with E-state index in [4.69, 9.17) is 9.47 Å². The Morgan fingerprint density at radius 3 is 2.39 bits per heavy atom. The highest BCUT2D eigenvalue weighted by atomic mass is 19.3. The van der Waals surface area contributed by atoms with E-state index >= 15 is 0 Å². The van der Waals surface area contributed by atoms with Crippen molar-refractivity contribution in [3.8, 4) is 17.2 Å². The lowest BCUT2D eigenvalue weighted by Gasteiger charge is -2.11. The molecule has 0 saturated carbocycles. The van der Waals surface area contributed by atoms with Gasteiger partial charge in [-0.2, -0.15) is 13.9 Å².